The molecular weight excluding hydrogens is 369 g/mol. The third kappa shape index (κ3) is 3.24. The lowest BCUT2D eigenvalue weighted by Crippen LogP contribution is -2.42. The van der Waals surface area contributed by atoms with Crippen LogP contribution in [0.1, 0.15) is 30.6 Å². The van der Waals surface area contributed by atoms with Crippen LogP contribution in [-0.2, 0) is 6.54 Å². The van der Waals surface area contributed by atoms with Gasteiger partial charge in [0.25, 0.3) is 0 Å². The molecule has 2 heterocycles. The van der Waals surface area contributed by atoms with Gasteiger partial charge in [-0.2, -0.15) is 0 Å². The molecule has 1 aromatic heterocycles. The second-order valence-corrected chi connectivity index (χ2v) is 6.54. The van der Waals surface area contributed by atoms with E-state index in [0.29, 0.717) is 5.41 Å². The Kier molecular flexibility index (Phi) is 5.11. The summed E-state index contributed by atoms with van der Waals surface area (Å²) in [5, 5.41) is 5.61. The van der Waals surface area contributed by atoms with Gasteiger partial charge in [-0.3, -0.25) is 4.99 Å². The molecule has 3 rings (SSSR count). The predicted octanol–water partition coefficient (Wildman–Crippen LogP) is 3.32. The van der Waals surface area contributed by atoms with E-state index < -0.39 is 0 Å². The van der Waals surface area contributed by atoms with E-state index in [9.17, 15) is 0 Å². The maximum Gasteiger partial charge on any atom is 0.193 e. The van der Waals surface area contributed by atoms with Crippen molar-refractivity contribution < 1.29 is 0 Å². The van der Waals surface area contributed by atoms with Crippen molar-refractivity contribution in [2.45, 2.75) is 32.2 Å². The molecule has 3 nitrogen and oxygen atoms in total. The van der Waals surface area contributed by atoms with E-state index in [1.54, 1.807) is 11.3 Å². The zero-order chi connectivity index (χ0) is 12.4. The highest BCUT2D eigenvalue weighted by molar-refractivity contribution is 14.0. The third-order valence-corrected chi connectivity index (χ3v) is 5.24. The monoisotopic (exact) mass is 391 g/mol. The Hall–Kier alpha value is -0.300. The molecule has 0 atom stereocenters. The van der Waals surface area contributed by atoms with E-state index in [0.717, 1.165) is 12.5 Å². The Balaban J connectivity index is 0.00000133. The Labute approximate surface area is 136 Å². The van der Waals surface area contributed by atoms with Crippen LogP contribution in [-0.4, -0.2) is 31.0 Å². The summed E-state index contributed by atoms with van der Waals surface area (Å²) in [7, 11) is 1.89. The number of aliphatic imine (C=N–C) groups is 1. The van der Waals surface area contributed by atoms with Gasteiger partial charge in [-0.15, -0.1) is 35.3 Å². The molecule has 1 aromatic rings. The molecule has 5 heteroatoms. The highest BCUT2D eigenvalue weighted by atomic mass is 127. The number of nitrogens with one attached hydrogen (secondary N) is 1. The SMILES string of the molecule is CN=C(NCc1cccs1)N1CCC2(CCC2)C1.I. The molecule has 1 saturated heterocycles. The van der Waals surface area contributed by atoms with Crippen LogP contribution in [0.25, 0.3) is 0 Å². The highest BCUT2D eigenvalue weighted by Crippen LogP contribution is 2.47. The van der Waals surface area contributed by atoms with Crippen molar-refractivity contribution in [3.63, 3.8) is 0 Å². The largest absolute Gasteiger partial charge is 0.351 e. The number of nitrogens with zero attached hydrogens (tertiary/aromatic N) is 2. The number of rotatable bonds is 2. The minimum atomic E-state index is 0. The maximum atomic E-state index is 4.43. The van der Waals surface area contributed by atoms with Crippen LogP contribution in [0, 0.1) is 5.41 Å². The number of likely N-dealkylation sites (tertiary alicyclic amines) is 1. The second-order valence-electron chi connectivity index (χ2n) is 5.51. The van der Waals surface area contributed by atoms with Crippen LogP contribution in [0.15, 0.2) is 22.5 Å². The van der Waals surface area contributed by atoms with Crippen molar-refractivity contribution in [2.24, 2.45) is 10.4 Å². The zero-order valence-electron chi connectivity index (χ0n) is 11.4. The lowest BCUT2D eigenvalue weighted by molar-refractivity contribution is 0.151. The van der Waals surface area contributed by atoms with Gasteiger partial charge in [0.05, 0.1) is 6.54 Å². The van der Waals surface area contributed by atoms with Crippen molar-refractivity contribution in [1.29, 1.82) is 0 Å². The number of hydrogen-bond donors (Lipinski definition) is 1. The molecule has 1 aliphatic heterocycles. The molecule has 19 heavy (non-hydrogen) atoms. The van der Waals surface area contributed by atoms with Crippen molar-refractivity contribution in [3.8, 4) is 0 Å². The third-order valence-electron chi connectivity index (χ3n) is 4.36. The van der Waals surface area contributed by atoms with E-state index in [4.69, 9.17) is 0 Å². The number of guanidine groups is 1. The molecule has 0 radical (unpaired) electrons. The average molecular weight is 391 g/mol. The van der Waals surface area contributed by atoms with E-state index >= 15 is 0 Å². The molecule has 1 saturated carbocycles. The summed E-state index contributed by atoms with van der Waals surface area (Å²) in [5.41, 5.74) is 0.639. The molecule has 106 valence electrons. The molecule has 1 aliphatic carbocycles. The van der Waals surface area contributed by atoms with Crippen molar-refractivity contribution in [3.05, 3.63) is 22.4 Å². The van der Waals surface area contributed by atoms with Crippen LogP contribution in [0.2, 0.25) is 0 Å². The Morgan fingerprint density at radius 3 is 2.84 bits per heavy atom. The molecule has 2 aliphatic rings. The summed E-state index contributed by atoms with van der Waals surface area (Å²) in [6, 6.07) is 4.27. The van der Waals surface area contributed by atoms with Gasteiger partial charge in [-0.25, -0.2) is 0 Å². The van der Waals surface area contributed by atoms with Crippen LogP contribution < -0.4 is 5.32 Å². The van der Waals surface area contributed by atoms with E-state index in [2.05, 4.69) is 32.7 Å². The summed E-state index contributed by atoms with van der Waals surface area (Å²) in [6.07, 6.45) is 5.62. The van der Waals surface area contributed by atoms with Crippen molar-refractivity contribution in [2.75, 3.05) is 20.1 Å². The fraction of sp³-hybridized carbons (Fsp3) is 0.643. The fourth-order valence-electron chi connectivity index (χ4n) is 3.11. The van der Waals surface area contributed by atoms with Crippen LogP contribution in [0.5, 0.6) is 0 Å². The van der Waals surface area contributed by atoms with Crippen LogP contribution in [0.3, 0.4) is 0 Å². The normalized spacial score (nSPS) is 21.1. The first-order valence-corrected chi connectivity index (χ1v) is 7.67. The quantitative estimate of drug-likeness (QED) is 0.476. The summed E-state index contributed by atoms with van der Waals surface area (Å²) in [4.78, 5) is 8.24. The second kappa shape index (κ2) is 6.43. The van der Waals surface area contributed by atoms with Gasteiger partial charge in [-0.05, 0) is 36.1 Å². The Morgan fingerprint density at radius 1 is 1.47 bits per heavy atom. The summed E-state index contributed by atoms with van der Waals surface area (Å²) >= 11 is 1.80. The smallest absolute Gasteiger partial charge is 0.193 e. The number of hydrogen-bond acceptors (Lipinski definition) is 2. The first-order valence-electron chi connectivity index (χ1n) is 6.79. The van der Waals surface area contributed by atoms with Gasteiger partial charge in [0, 0.05) is 25.0 Å². The molecule has 0 aromatic carbocycles. The molecule has 2 fully saturated rings. The van der Waals surface area contributed by atoms with Gasteiger partial charge in [0.2, 0.25) is 0 Å². The van der Waals surface area contributed by atoms with Crippen molar-refractivity contribution >= 4 is 41.3 Å². The van der Waals surface area contributed by atoms with E-state index in [1.807, 2.05) is 7.05 Å². The first kappa shape index (κ1) is 15.1. The zero-order valence-corrected chi connectivity index (χ0v) is 14.5. The standard InChI is InChI=1S/C14H21N3S.HI/c1-15-13(16-10-12-4-2-9-18-12)17-8-7-14(11-17)5-3-6-14;/h2,4,9H,3,5-8,10-11H2,1H3,(H,15,16);1H. The fourth-order valence-corrected chi connectivity index (χ4v) is 3.76. The predicted molar refractivity (Wildman–Crippen MR) is 92.4 cm³/mol. The Bertz CT molecular complexity index is 426. The summed E-state index contributed by atoms with van der Waals surface area (Å²) in [6.45, 7) is 3.27. The highest BCUT2D eigenvalue weighted by Gasteiger charge is 2.43. The lowest BCUT2D eigenvalue weighted by atomic mass is 9.68. The minimum Gasteiger partial charge on any atom is -0.351 e. The van der Waals surface area contributed by atoms with Crippen LogP contribution >= 0.6 is 35.3 Å². The van der Waals surface area contributed by atoms with Crippen LogP contribution in [0.4, 0.5) is 0 Å². The van der Waals surface area contributed by atoms with Crippen molar-refractivity contribution in [1.82, 2.24) is 10.2 Å². The van der Waals surface area contributed by atoms with Gasteiger partial charge >= 0.3 is 0 Å². The van der Waals surface area contributed by atoms with Gasteiger partial charge < -0.3 is 10.2 Å². The van der Waals surface area contributed by atoms with Gasteiger partial charge in [0.15, 0.2) is 5.96 Å². The minimum absolute atomic E-state index is 0. The maximum absolute atomic E-state index is 4.43. The van der Waals surface area contributed by atoms with E-state index in [1.165, 1.54) is 43.6 Å². The molecule has 1 N–H and O–H groups in total. The molecule has 0 unspecified atom stereocenters. The van der Waals surface area contributed by atoms with Gasteiger partial charge in [0.1, 0.15) is 0 Å². The molecule has 0 amide bonds. The van der Waals surface area contributed by atoms with Gasteiger partial charge in [-0.1, -0.05) is 12.5 Å². The molecule has 0 bridgehead atoms. The summed E-state index contributed by atoms with van der Waals surface area (Å²) < 4.78 is 0. The number of halogens is 1. The average Bonchev–Trinajstić information content (AvgIpc) is 2.97. The summed E-state index contributed by atoms with van der Waals surface area (Å²) in [5.74, 6) is 1.08. The topological polar surface area (TPSA) is 27.6 Å². The first-order chi connectivity index (χ1) is 8.81. The number of thiophene rings is 1. The van der Waals surface area contributed by atoms with E-state index in [-0.39, 0.29) is 24.0 Å². The Morgan fingerprint density at radius 2 is 2.32 bits per heavy atom. The molecular formula is C14H22IN3S. The molecule has 1 spiro atoms. The lowest BCUT2D eigenvalue weighted by Gasteiger charge is -2.38.